The van der Waals surface area contributed by atoms with E-state index < -0.39 is 5.41 Å². The van der Waals surface area contributed by atoms with E-state index >= 15 is 0 Å². The van der Waals surface area contributed by atoms with Gasteiger partial charge in [-0.3, -0.25) is 4.79 Å². The van der Waals surface area contributed by atoms with Crippen molar-refractivity contribution in [2.24, 2.45) is 0 Å². The van der Waals surface area contributed by atoms with Crippen molar-refractivity contribution < 1.29 is 4.79 Å². The molecule has 4 aromatic rings. The van der Waals surface area contributed by atoms with Gasteiger partial charge in [0.05, 0.1) is 16.8 Å². The molecule has 0 saturated carbocycles. The number of anilines is 2. The lowest BCUT2D eigenvalue weighted by molar-refractivity contribution is 0.103. The van der Waals surface area contributed by atoms with E-state index in [0.29, 0.717) is 0 Å². The number of rotatable bonds is 1. The van der Waals surface area contributed by atoms with E-state index in [4.69, 9.17) is 0 Å². The molecule has 0 bridgehead atoms. The van der Waals surface area contributed by atoms with E-state index in [1.807, 2.05) is 24.3 Å². The van der Waals surface area contributed by atoms with Gasteiger partial charge in [0, 0.05) is 16.8 Å². The molecule has 0 unspecified atom stereocenters. The Balaban J connectivity index is 1.67. The van der Waals surface area contributed by atoms with Gasteiger partial charge in [-0.1, -0.05) is 97.1 Å². The lowest BCUT2D eigenvalue weighted by Gasteiger charge is -2.49. The van der Waals surface area contributed by atoms with Gasteiger partial charge >= 0.3 is 0 Å². The summed E-state index contributed by atoms with van der Waals surface area (Å²) in [5, 5.41) is 0. The summed E-state index contributed by atoms with van der Waals surface area (Å²) in [5.74, 6) is 0.106. The highest BCUT2D eigenvalue weighted by Crippen LogP contribution is 2.59. The molecule has 4 aromatic carbocycles. The first-order valence-corrected chi connectivity index (χ1v) is 11.9. The van der Waals surface area contributed by atoms with Gasteiger partial charge in [-0.2, -0.15) is 0 Å². The molecule has 0 aromatic heterocycles. The van der Waals surface area contributed by atoms with Gasteiger partial charge < -0.3 is 4.90 Å². The summed E-state index contributed by atoms with van der Waals surface area (Å²) in [7, 11) is 0. The molecule has 0 fully saturated rings. The zero-order chi connectivity index (χ0) is 22.7. The predicted octanol–water partition coefficient (Wildman–Crippen LogP) is 7.30. The molecule has 0 radical (unpaired) electrons. The first-order valence-electron chi connectivity index (χ1n) is 11.9. The van der Waals surface area contributed by atoms with Crippen LogP contribution in [0.4, 0.5) is 11.4 Å². The largest absolute Gasteiger partial charge is 0.314 e. The Kier molecular flexibility index (Phi) is 4.07. The number of benzene rings is 4. The molecule has 162 valence electrons. The monoisotopic (exact) mass is 437 g/mol. The fourth-order valence-corrected chi connectivity index (χ4v) is 6.22. The number of ketones is 1. The molecule has 0 amide bonds. The molecular formula is C32H23NO. The van der Waals surface area contributed by atoms with Crippen LogP contribution in [0.2, 0.25) is 0 Å². The average molecular weight is 438 g/mol. The molecule has 2 nitrogen and oxygen atoms in total. The van der Waals surface area contributed by atoms with Crippen LogP contribution in [0.3, 0.4) is 0 Å². The highest BCUT2D eigenvalue weighted by molar-refractivity contribution is 6.14. The van der Waals surface area contributed by atoms with Crippen LogP contribution in [0.25, 0.3) is 0 Å². The van der Waals surface area contributed by atoms with Crippen LogP contribution >= 0.6 is 0 Å². The van der Waals surface area contributed by atoms with Crippen molar-refractivity contribution in [2.75, 3.05) is 4.90 Å². The lowest BCUT2D eigenvalue weighted by Crippen LogP contribution is -2.43. The molecule has 3 aliphatic rings. The maximum atomic E-state index is 13.6. The third-order valence-corrected chi connectivity index (χ3v) is 7.53. The fourth-order valence-electron chi connectivity index (χ4n) is 6.22. The minimum atomic E-state index is -0.560. The van der Waals surface area contributed by atoms with Gasteiger partial charge in [-0.25, -0.2) is 0 Å². The van der Waals surface area contributed by atoms with Crippen LogP contribution in [0.5, 0.6) is 0 Å². The molecule has 34 heavy (non-hydrogen) atoms. The van der Waals surface area contributed by atoms with Crippen LogP contribution in [0, 0.1) is 0 Å². The third-order valence-electron chi connectivity index (χ3n) is 7.53. The van der Waals surface area contributed by atoms with E-state index in [1.165, 1.54) is 28.2 Å². The van der Waals surface area contributed by atoms with Gasteiger partial charge in [0.25, 0.3) is 0 Å². The summed E-state index contributed by atoms with van der Waals surface area (Å²) in [6, 6.07) is 33.8. The van der Waals surface area contributed by atoms with E-state index in [9.17, 15) is 4.79 Å². The average Bonchev–Trinajstić information content (AvgIpc) is 2.91. The van der Waals surface area contributed by atoms with Crippen LogP contribution < -0.4 is 4.90 Å². The minimum absolute atomic E-state index is 0.106. The summed E-state index contributed by atoms with van der Waals surface area (Å²) >= 11 is 0. The van der Waals surface area contributed by atoms with Crippen LogP contribution in [0.15, 0.2) is 121 Å². The zero-order valence-electron chi connectivity index (χ0n) is 18.7. The van der Waals surface area contributed by atoms with Gasteiger partial charge in [0.15, 0.2) is 5.78 Å². The van der Waals surface area contributed by atoms with E-state index in [1.54, 1.807) is 0 Å². The summed E-state index contributed by atoms with van der Waals surface area (Å²) in [4.78, 5) is 16.1. The topological polar surface area (TPSA) is 20.3 Å². The Morgan fingerprint density at radius 2 is 1.12 bits per heavy atom. The number of para-hydroxylation sites is 2. The fraction of sp³-hybridized carbons (Fsp3) is 0.0938. The van der Waals surface area contributed by atoms with Crippen molar-refractivity contribution in [3.05, 3.63) is 154 Å². The molecule has 2 heteroatoms. The van der Waals surface area contributed by atoms with Crippen molar-refractivity contribution in [1.82, 2.24) is 0 Å². The summed E-state index contributed by atoms with van der Waals surface area (Å²) in [5.41, 5.74) is 9.25. The van der Waals surface area contributed by atoms with E-state index in [-0.39, 0.29) is 5.78 Å². The Bertz CT molecular complexity index is 1440. The molecule has 1 spiro atoms. The first-order chi connectivity index (χ1) is 16.8. The Labute approximate surface area is 199 Å². The molecular weight excluding hydrogens is 414 g/mol. The third kappa shape index (κ3) is 2.38. The van der Waals surface area contributed by atoms with Crippen LogP contribution in [-0.4, -0.2) is 5.78 Å². The van der Waals surface area contributed by atoms with Crippen molar-refractivity contribution in [2.45, 2.75) is 18.3 Å². The van der Waals surface area contributed by atoms with Crippen molar-refractivity contribution in [3.63, 3.8) is 0 Å². The van der Waals surface area contributed by atoms with Crippen LogP contribution in [0.1, 0.15) is 51.0 Å². The standard InChI is InChI=1S/C32H23NO/c34-31-23-14-4-6-16-25(23)32(26-17-7-5-15-24(26)31)27-18-8-10-20-29(27)33(22-12-2-1-3-13-22)30-21-11-9-19-28(30)32/h1-2,4-12,14-21H,3,13H2. The number of carbonyl (C=O) groups excluding carboxylic acids is 1. The maximum Gasteiger partial charge on any atom is 0.193 e. The second kappa shape index (κ2) is 7.16. The molecule has 0 N–H and O–H groups in total. The second-order valence-electron chi connectivity index (χ2n) is 9.16. The normalized spacial score (nSPS) is 16.9. The van der Waals surface area contributed by atoms with Crippen LogP contribution in [-0.2, 0) is 5.41 Å². The number of nitrogens with zero attached hydrogens (tertiary/aromatic N) is 1. The Hall–Kier alpha value is -4.17. The van der Waals surface area contributed by atoms with Crippen molar-refractivity contribution >= 4 is 17.2 Å². The predicted molar refractivity (Wildman–Crippen MR) is 137 cm³/mol. The first kappa shape index (κ1) is 19.3. The minimum Gasteiger partial charge on any atom is -0.314 e. The second-order valence-corrected chi connectivity index (χ2v) is 9.16. The van der Waals surface area contributed by atoms with E-state index in [2.05, 4.69) is 95.9 Å². The van der Waals surface area contributed by atoms with Gasteiger partial charge in [-0.15, -0.1) is 0 Å². The van der Waals surface area contributed by atoms with Gasteiger partial charge in [-0.05, 0) is 53.3 Å². The Morgan fingerprint density at radius 3 is 1.65 bits per heavy atom. The molecule has 1 heterocycles. The lowest BCUT2D eigenvalue weighted by atomic mass is 9.57. The van der Waals surface area contributed by atoms with E-state index in [0.717, 1.165) is 35.1 Å². The number of fused-ring (bicyclic) bond motifs is 8. The summed E-state index contributed by atoms with van der Waals surface area (Å²) in [6.45, 7) is 0. The zero-order valence-corrected chi connectivity index (χ0v) is 18.7. The molecule has 0 atom stereocenters. The summed E-state index contributed by atoms with van der Waals surface area (Å²) in [6.07, 6.45) is 8.67. The highest BCUT2D eigenvalue weighted by Gasteiger charge is 2.51. The highest BCUT2D eigenvalue weighted by atomic mass is 16.1. The Morgan fingerprint density at radius 1 is 0.618 bits per heavy atom. The smallest absolute Gasteiger partial charge is 0.193 e. The molecule has 2 aliphatic carbocycles. The van der Waals surface area contributed by atoms with Gasteiger partial charge in [0.2, 0.25) is 0 Å². The molecule has 7 rings (SSSR count). The van der Waals surface area contributed by atoms with Gasteiger partial charge in [0.1, 0.15) is 0 Å². The number of hydrogen-bond acceptors (Lipinski definition) is 2. The quantitative estimate of drug-likeness (QED) is 0.274. The SMILES string of the molecule is O=C1c2ccccc2C2(c3ccccc31)c1ccccc1N(C1=CC=CCC1)c1ccccc12. The summed E-state index contributed by atoms with van der Waals surface area (Å²) < 4.78 is 0. The molecule has 0 saturated heterocycles. The molecule has 1 aliphatic heterocycles. The van der Waals surface area contributed by atoms with Crippen molar-refractivity contribution in [3.8, 4) is 0 Å². The number of hydrogen-bond donors (Lipinski definition) is 0. The number of carbonyl (C=O) groups is 1. The van der Waals surface area contributed by atoms with Crippen molar-refractivity contribution in [1.29, 1.82) is 0 Å². The maximum absolute atomic E-state index is 13.6. The number of allylic oxidation sites excluding steroid dienone is 4.